The maximum absolute atomic E-state index is 12.6. The van der Waals surface area contributed by atoms with Gasteiger partial charge in [0.05, 0.1) is 11.9 Å². The van der Waals surface area contributed by atoms with Crippen LogP contribution in [0.2, 0.25) is 0 Å². The van der Waals surface area contributed by atoms with E-state index in [1.807, 2.05) is 19.1 Å². The third-order valence-corrected chi connectivity index (χ3v) is 6.90. The second-order valence-corrected chi connectivity index (χ2v) is 9.78. The molecular weight excluding hydrogens is 398 g/mol. The lowest BCUT2D eigenvalue weighted by Gasteiger charge is -2.21. The molecule has 0 spiro atoms. The molecule has 0 aromatic heterocycles. The molecule has 162 valence electrons. The number of anilines is 1. The van der Waals surface area contributed by atoms with Gasteiger partial charge in [-0.25, -0.2) is 8.42 Å². The van der Waals surface area contributed by atoms with E-state index in [0.717, 1.165) is 30.8 Å². The molecule has 1 unspecified atom stereocenters. The molecule has 1 amide bonds. The Balaban J connectivity index is 1.63. The molecule has 2 aromatic rings. The van der Waals surface area contributed by atoms with Crippen molar-refractivity contribution in [3.63, 3.8) is 0 Å². The number of benzene rings is 2. The molecule has 0 fully saturated rings. The first-order chi connectivity index (χ1) is 14.2. The van der Waals surface area contributed by atoms with Crippen molar-refractivity contribution >= 4 is 21.6 Å². The number of rotatable bonds is 8. The van der Waals surface area contributed by atoms with Crippen LogP contribution in [-0.4, -0.2) is 44.6 Å². The molecule has 6 nitrogen and oxygen atoms in total. The van der Waals surface area contributed by atoms with E-state index in [2.05, 4.69) is 36.2 Å². The van der Waals surface area contributed by atoms with E-state index >= 15 is 0 Å². The second kappa shape index (κ2) is 9.18. The van der Waals surface area contributed by atoms with Crippen molar-refractivity contribution in [3.05, 3.63) is 64.7 Å². The molecule has 1 heterocycles. The number of hydrogen-bond donors (Lipinski definition) is 1. The molecule has 3 rings (SSSR count). The lowest BCUT2D eigenvalue weighted by atomic mass is 10.1. The molecule has 0 aliphatic carbocycles. The number of carbonyl (C=O) groups excluding carboxylic acids is 1. The number of sulfonamides is 1. The summed E-state index contributed by atoms with van der Waals surface area (Å²) >= 11 is 0. The Morgan fingerprint density at radius 2 is 1.73 bits per heavy atom. The highest BCUT2D eigenvalue weighted by molar-refractivity contribution is 7.92. The summed E-state index contributed by atoms with van der Waals surface area (Å²) in [7, 11) is -3.33. The van der Waals surface area contributed by atoms with Crippen LogP contribution in [0, 0.1) is 0 Å². The number of amides is 1. The Labute approximate surface area is 179 Å². The number of nitrogens with one attached hydrogen (secondary N) is 1. The third kappa shape index (κ3) is 5.02. The Bertz CT molecular complexity index is 999. The smallest absolute Gasteiger partial charge is 0.251 e. The normalized spacial score (nSPS) is 16.0. The van der Waals surface area contributed by atoms with E-state index in [4.69, 9.17) is 0 Å². The Morgan fingerprint density at radius 1 is 1.10 bits per heavy atom. The molecule has 1 aliphatic rings. The summed E-state index contributed by atoms with van der Waals surface area (Å²) in [6.07, 6.45) is 1.82. The minimum atomic E-state index is -3.33. The highest BCUT2D eigenvalue weighted by atomic mass is 32.2. The summed E-state index contributed by atoms with van der Waals surface area (Å²) in [4.78, 5) is 15.0. The predicted octanol–water partition coefficient (Wildman–Crippen LogP) is 3.17. The van der Waals surface area contributed by atoms with Crippen LogP contribution in [0.25, 0.3) is 0 Å². The van der Waals surface area contributed by atoms with Gasteiger partial charge < -0.3 is 5.32 Å². The average Bonchev–Trinajstić information content (AvgIpc) is 3.06. The van der Waals surface area contributed by atoms with Crippen molar-refractivity contribution in [2.45, 2.75) is 46.3 Å². The van der Waals surface area contributed by atoms with Gasteiger partial charge in [0.25, 0.3) is 5.91 Å². The Hall–Kier alpha value is -2.38. The summed E-state index contributed by atoms with van der Waals surface area (Å²) in [5.41, 5.74) is 4.42. The molecule has 30 heavy (non-hydrogen) atoms. The van der Waals surface area contributed by atoms with Gasteiger partial charge >= 0.3 is 0 Å². The molecular formula is C23H31N3O3S. The number of carbonyl (C=O) groups is 1. The minimum Gasteiger partial charge on any atom is -0.348 e. The van der Waals surface area contributed by atoms with Gasteiger partial charge in [-0.1, -0.05) is 38.1 Å². The fourth-order valence-electron chi connectivity index (χ4n) is 4.00. The minimum absolute atomic E-state index is 0.136. The molecule has 0 radical (unpaired) electrons. The van der Waals surface area contributed by atoms with E-state index < -0.39 is 10.0 Å². The molecule has 1 atom stereocenters. The maximum Gasteiger partial charge on any atom is 0.251 e. The van der Waals surface area contributed by atoms with Crippen LogP contribution in [0.4, 0.5) is 5.69 Å². The zero-order valence-corrected chi connectivity index (χ0v) is 19.0. The number of nitrogens with zero attached hydrogens (tertiary/aromatic N) is 2. The van der Waals surface area contributed by atoms with Crippen LogP contribution in [0.1, 0.15) is 47.8 Å². The van der Waals surface area contributed by atoms with Crippen LogP contribution in [0.15, 0.2) is 42.5 Å². The predicted molar refractivity (Wildman–Crippen MR) is 121 cm³/mol. The fraction of sp³-hybridized carbons (Fsp3) is 0.435. The highest BCUT2D eigenvalue weighted by Crippen LogP contribution is 2.34. The van der Waals surface area contributed by atoms with Gasteiger partial charge in [0.2, 0.25) is 10.0 Å². The zero-order valence-electron chi connectivity index (χ0n) is 18.2. The summed E-state index contributed by atoms with van der Waals surface area (Å²) in [5, 5.41) is 2.96. The molecule has 1 aliphatic heterocycles. The van der Waals surface area contributed by atoms with Crippen LogP contribution in [-0.2, 0) is 29.5 Å². The molecule has 0 saturated carbocycles. The first-order valence-electron chi connectivity index (χ1n) is 10.4. The fourth-order valence-corrected chi connectivity index (χ4v) is 5.27. The van der Waals surface area contributed by atoms with Gasteiger partial charge in [0, 0.05) is 24.7 Å². The summed E-state index contributed by atoms with van der Waals surface area (Å²) < 4.78 is 25.5. The highest BCUT2D eigenvalue weighted by Gasteiger charge is 2.32. The van der Waals surface area contributed by atoms with Gasteiger partial charge in [-0.2, -0.15) is 0 Å². The molecule has 0 saturated heterocycles. The van der Waals surface area contributed by atoms with Crippen molar-refractivity contribution < 1.29 is 13.2 Å². The molecule has 1 N–H and O–H groups in total. The molecule has 0 bridgehead atoms. The van der Waals surface area contributed by atoms with E-state index in [1.165, 1.54) is 16.1 Å². The zero-order chi connectivity index (χ0) is 21.9. The van der Waals surface area contributed by atoms with E-state index in [9.17, 15) is 13.2 Å². The third-order valence-electron chi connectivity index (χ3n) is 5.63. The van der Waals surface area contributed by atoms with Crippen molar-refractivity contribution in [2.75, 3.05) is 23.7 Å². The number of hydrogen-bond acceptors (Lipinski definition) is 4. The SMILES string of the molecule is CCN(CC)Cc1ccc(CNC(=O)c2ccc3c(c2)CC(C)N3S(C)(=O)=O)cc1. The van der Waals surface area contributed by atoms with Gasteiger partial charge in [-0.05, 0) is 61.3 Å². The largest absolute Gasteiger partial charge is 0.348 e. The van der Waals surface area contributed by atoms with Crippen LogP contribution in [0.5, 0.6) is 0 Å². The lowest BCUT2D eigenvalue weighted by molar-refractivity contribution is 0.0951. The first kappa shape index (κ1) is 22.3. The topological polar surface area (TPSA) is 69.7 Å². The van der Waals surface area contributed by atoms with Crippen molar-refractivity contribution in [1.82, 2.24) is 10.2 Å². The van der Waals surface area contributed by atoms with Gasteiger partial charge in [0.1, 0.15) is 0 Å². The maximum atomic E-state index is 12.6. The van der Waals surface area contributed by atoms with Crippen LogP contribution >= 0.6 is 0 Å². The number of fused-ring (bicyclic) bond motifs is 1. The van der Waals surface area contributed by atoms with Crippen molar-refractivity contribution in [3.8, 4) is 0 Å². The Kier molecular flexibility index (Phi) is 6.83. The standard InChI is InChI=1S/C23H31N3O3S/c1-5-25(6-2)16-19-9-7-18(8-10-19)15-24-23(27)20-11-12-22-21(14-20)13-17(3)26(22)30(4,28)29/h7-12,14,17H,5-6,13,15-16H2,1-4H3,(H,24,27). The van der Waals surface area contributed by atoms with Gasteiger partial charge in [-0.3, -0.25) is 14.0 Å². The first-order valence-corrected chi connectivity index (χ1v) is 12.3. The van der Waals surface area contributed by atoms with Gasteiger partial charge in [0.15, 0.2) is 0 Å². The average molecular weight is 430 g/mol. The van der Waals surface area contributed by atoms with Crippen LogP contribution < -0.4 is 9.62 Å². The van der Waals surface area contributed by atoms with Crippen LogP contribution in [0.3, 0.4) is 0 Å². The summed E-state index contributed by atoms with van der Waals surface area (Å²) in [6, 6.07) is 13.4. The van der Waals surface area contributed by atoms with Crippen molar-refractivity contribution in [1.29, 1.82) is 0 Å². The van der Waals surface area contributed by atoms with Crippen molar-refractivity contribution in [2.24, 2.45) is 0 Å². The lowest BCUT2D eigenvalue weighted by Crippen LogP contribution is -2.34. The quantitative estimate of drug-likeness (QED) is 0.700. The summed E-state index contributed by atoms with van der Waals surface area (Å²) in [5.74, 6) is -0.157. The Morgan fingerprint density at radius 3 is 2.33 bits per heavy atom. The second-order valence-electron chi connectivity index (χ2n) is 7.92. The van der Waals surface area contributed by atoms with E-state index in [0.29, 0.717) is 24.2 Å². The molecule has 7 heteroatoms. The van der Waals surface area contributed by atoms with Gasteiger partial charge in [-0.15, -0.1) is 0 Å². The summed E-state index contributed by atoms with van der Waals surface area (Å²) in [6.45, 7) is 9.62. The van der Waals surface area contributed by atoms with E-state index in [1.54, 1.807) is 18.2 Å². The van der Waals surface area contributed by atoms with E-state index in [-0.39, 0.29) is 11.9 Å². The monoisotopic (exact) mass is 429 g/mol. The molecule has 2 aromatic carbocycles.